The van der Waals surface area contributed by atoms with Crippen LogP contribution < -0.4 is 14.8 Å². The number of rotatable bonds is 3. The second-order valence-electron chi connectivity index (χ2n) is 6.02. The third-order valence-corrected chi connectivity index (χ3v) is 4.45. The van der Waals surface area contributed by atoms with Gasteiger partial charge in [-0.05, 0) is 31.0 Å². The zero-order chi connectivity index (χ0) is 16.2. The third kappa shape index (κ3) is 3.57. The minimum absolute atomic E-state index is 0.264. The molecule has 6 heteroatoms. The van der Waals surface area contributed by atoms with Crippen molar-refractivity contribution in [3.8, 4) is 11.5 Å². The molecule has 1 saturated carbocycles. The molecule has 0 bridgehead atoms. The molecule has 2 aliphatic rings. The van der Waals surface area contributed by atoms with Gasteiger partial charge in [-0.3, -0.25) is 9.59 Å². The van der Waals surface area contributed by atoms with Crippen LogP contribution in [-0.4, -0.2) is 36.2 Å². The van der Waals surface area contributed by atoms with E-state index in [9.17, 15) is 14.7 Å². The number of hydrogen-bond donors (Lipinski definition) is 2. The van der Waals surface area contributed by atoms with E-state index < -0.39 is 11.9 Å². The maximum absolute atomic E-state index is 12.5. The molecule has 2 N–H and O–H groups in total. The number of amides is 1. The molecule has 1 amide bonds. The number of fused-ring (bicyclic) bond motifs is 1. The molecular weight excluding hydrogens is 298 g/mol. The Morgan fingerprint density at radius 3 is 2.57 bits per heavy atom. The minimum Gasteiger partial charge on any atom is -0.486 e. The molecule has 2 atom stereocenters. The number of carboxylic acids is 1. The van der Waals surface area contributed by atoms with Gasteiger partial charge in [0.25, 0.3) is 5.91 Å². The fraction of sp³-hybridized carbons (Fsp3) is 0.529. The molecule has 124 valence electrons. The topological polar surface area (TPSA) is 84.9 Å². The van der Waals surface area contributed by atoms with Crippen molar-refractivity contribution >= 4 is 11.9 Å². The van der Waals surface area contributed by atoms with E-state index in [2.05, 4.69) is 5.32 Å². The first-order valence-electron chi connectivity index (χ1n) is 8.08. The smallest absolute Gasteiger partial charge is 0.308 e. The molecule has 1 aliphatic heterocycles. The number of carboxylic acid groups (broad SMARTS) is 1. The minimum atomic E-state index is -0.834. The van der Waals surface area contributed by atoms with E-state index >= 15 is 0 Å². The lowest BCUT2D eigenvalue weighted by molar-refractivity contribution is -0.142. The van der Waals surface area contributed by atoms with Crippen molar-refractivity contribution in [1.29, 1.82) is 0 Å². The van der Waals surface area contributed by atoms with Crippen molar-refractivity contribution in [2.45, 2.75) is 38.1 Å². The van der Waals surface area contributed by atoms with Gasteiger partial charge in [0.2, 0.25) is 0 Å². The summed E-state index contributed by atoms with van der Waals surface area (Å²) in [5.74, 6) is -0.427. The molecule has 0 unspecified atom stereocenters. The van der Waals surface area contributed by atoms with Gasteiger partial charge >= 0.3 is 5.97 Å². The van der Waals surface area contributed by atoms with E-state index in [0.29, 0.717) is 43.1 Å². The van der Waals surface area contributed by atoms with Crippen LogP contribution in [0.3, 0.4) is 0 Å². The Hall–Kier alpha value is -2.24. The van der Waals surface area contributed by atoms with Gasteiger partial charge in [0.1, 0.15) is 13.2 Å². The SMILES string of the molecule is O=C(N[C@H]1CCCCC[C@H]1C(=O)O)c1ccc2c(c1)OCCO2. The quantitative estimate of drug-likeness (QED) is 0.835. The van der Waals surface area contributed by atoms with Crippen molar-refractivity contribution in [2.24, 2.45) is 5.92 Å². The summed E-state index contributed by atoms with van der Waals surface area (Å²) in [4.78, 5) is 23.9. The first-order valence-corrected chi connectivity index (χ1v) is 8.08. The maximum atomic E-state index is 12.5. The second kappa shape index (κ2) is 6.89. The summed E-state index contributed by atoms with van der Waals surface area (Å²) < 4.78 is 10.9. The maximum Gasteiger partial charge on any atom is 0.308 e. The van der Waals surface area contributed by atoms with Gasteiger partial charge in [0, 0.05) is 11.6 Å². The molecule has 0 aromatic heterocycles. The van der Waals surface area contributed by atoms with Crippen LogP contribution >= 0.6 is 0 Å². The van der Waals surface area contributed by atoms with Gasteiger partial charge < -0.3 is 19.9 Å². The number of aliphatic carboxylic acids is 1. The summed E-state index contributed by atoms with van der Waals surface area (Å²) in [7, 11) is 0. The number of benzene rings is 1. The van der Waals surface area contributed by atoms with Gasteiger partial charge in [-0.15, -0.1) is 0 Å². The Labute approximate surface area is 134 Å². The van der Waals surface area contributed by atoms with E-state index in [1.807, 2.05) is 0 Å². The molecule has 0 saturated heterocycles. The van der Waals surface area contributed by atoms with Gasteiger partial charge in [-0.2, -0.15) is 0 Å². The molecule has 0 spiro atoms. The lowest BCUT2D eigenvalue weighted by Crippen LogP contribution is -2.42. The zero-order valence-corrected chi connectivity index (χ0v) is 12.9. The van der Waals surface area contributed by atoms with Crippen molar-refractivity contribution in [3.63, 3.8) is 0 Å². The van der Waals surface area contributed by atoms with E-state index in [-0.39, 0.29) is 11.9 Å². The highest BCUT2D eigenvalue weighted by atomic mass is 16.6. The summed E-state index contributed by atoms with van der Waals surface area (Å²) in [6, 6.07) is 4.72. The lowest BCUT2D eigenvalue weighted by atomic mass is 9.94. The summed E-state index contributed by atoms with van der Waals surface area (Å²) in [6.07, 6.45) is 4.16. The number of hydrogen-bond acceptors (Lipinski definition) is 4. The van der Waals surface area contributed by atoms with Crippen molar-refractivity contribution in [1.82, 2.24) is 5.32 Å². The molecule has 1 aromatic carbocycles. The fourth-order valence-electron chi connectivity index (χ4n) is 3.21. The number of ether oxygens (including phenoxy) is 2. The third-order valence-electron chi connectivity index (χ3n) is 4.45. The molecule has 1 aromatic rings. The number of carbonyl (C=O) groups excluding carboxylic acids is 1. The van der Waals surface area contributed by atoms with E-state index in [4.69, 9.17) is 9.47 Å². The van der Waals surface area contributed by atoms with Crippen molar-refractivity contribution in [3.05, 3.63) is 23.8 Å². The molecule has 23 heavy (non-hydrogen) atoms. The van der Waals surface area contributed by atoms with Crippen LogP contribution in [0.2, 0.25) is 0 Å². The van der Waals surface area contributed by atoms with Crippen molar-refractivity contribution in [2.75, 3.05) is 13.2 Å². The van der Waals surface area contributed by atoms with Gasteiger partial charge in [0.15, 0.2) is 11.5 Å². The first kappa shape index (κ1) is 15.6. The molecule has 1 aliphatic carbocycles. The Balaban J connectivity index is 1.73. The van der Waals surface area contributed by atoms with Crippen LogP contribution in [0, 0.1) is 5.92 Å². The molecular formula is C17H21NO5. The molecule has 0 radical (unpaired) electrons. The van der Waals surface area contributed by atoms with Gasteiger partial charge in [0.05, 0.1) is 5.92 Å². The van der Waals surface area contributed by atoms with Crippen LogP contribution in [-0.2, 0) is 4.79 Å². The van der Waals surface area contributed by atoms with Crippen LogP contribution in [0.15, 0.2) is 18.2 Å². The highest BCUT2D eigenvalue weighted by Crippen LogP contribution is 2.31. The Morgan fingerprint density at radius 1 is 1.04 bits per heavy atom. The van der Waals surface area contributed by atoms with E-state index in [1.54, 1.807) is 18.2 Å². The zero-order valence-electron chi connectivity index (χ0n) is 12.9. The number of nitrogens with one attached hydrogen (secondary N) is 1. The summed E-state index contributed by atoms with van der Waals surface area (Å²) in [5, 5.41) is 12.3. The van der Waals surface area contributed by atoms with Crippen molar-refractivity contribution < 1.29 is 24.2 Å². The predicted molar refractivity (Wildman–Crippen MR) is 82.9 cm³/mol. The molecule has 1 fully saturated rings. The Morgan fingerprint density at radius 2 is 1.78 bits per heavy atom. The molecule has 1 heterocycles. The Bertz CT molecular complexity index is 601. The van der Waals surface area contributed by atoms with Crippen LogP contribution in [0.25, 0.3) is 0 Å². The highest BCUT2D eigenvalue weighted by Gasteiger charge is 2.31. The standard InChI is InChI=1S/C17H21NO5/c19-16(11-6-7-14-15(10-11)23-9-8-22-14)18-13-5-3-1-2-4-12(13)17(20)21/h6-7,10,12-13H,1-5,8-9H2,(H,18,19)(H,20,21)/t12-,13+/m1/s1. The molecule has 3 rings (SSSR count). The summed E-state index contributed by atoms with van der Waals surface area (Å²) in [5.41, 5.74) is 0.461. The van der Waals surface area contributed by atoms with E-state index in [1.165, 1.54) is 0 Å². The van der Waals surface area contributed by atoms with Crippen LogP contribution in [0.5, 0.6) is 11.5 Å². The Kier molecular flexibility index (Phi) is 4.69. The summed E-state index contributed by atoms with van der Waals surface area (Å²) >= 11 is 0. The van der Waals surface area contributed by atoms with Gasteiger partial charge in [-0.1, -0.05) is 19.3 Å². The second-order valence-corrected chi connectivity index (χ2v) is 6.02. The fourth-order valence-corrected chi connectivity index (χ4v) is 3.21. The lowest BCUT2D eigenvalue weighted by Gasteiger charge is -2.23. The van der Waals surface area contributed by atoms with Crippen LogP contribution in [0.1, 0.15) is 42.5 Å². The average Bonchev–Trinajstić information content (AvgIpc) is 2.80. The average molecular weight is 319 g/mol. The highest BCUT2D eigenvalue weighted by molar-refractivity contribution is 5.95. The normalized spacial score (nSPS) is 23.7. The van der Waals surface area contributed by atoms with Crippen LogP contribution in [0.4, 0.5) is 0 Å². The van der Waals surface area contributed by atoms with E-state index in [0.717, 1.165) is 19.3 Å². The monoisotopic (exact) mass is 319 g/mol. The predicted octanol–water partition coefficient (Wildman–Crippen LogP) is 2.22. The summed E-state index contributed by atoms with van der Waals surface area (Å²) in [6.45, 7) is 0.961. The number of carbonyl (C=O) groups is 2. The van der Waals surface area contributed by atoms with Gasteiger partial charge in [-0.25, -0.2) is 0 Å². The molecule has 6 nitrogen and oxygen atoms in total. The first-order chi connectivity index (χ1) is 11.1. The largest absolute Gasteiger partial charge is 0.486 e.